The first kappa shape index (κ1) is 13.8. The molecular formula is C14H12ClF2NO. The highest BCUT2D eigenvalue weighted by molar-refractivity contribution is 6.30. The first-order chi connectivity index (χ1) is 9.08. The maximum atomic E-state index is 13.3. The van der Waals surface area contributed by atoms with Gasteiger partial charge in [0, 0.05) is 10.7 Å². The Morgan fingerprint density at radius 3 is 2.32 bits per heavy atom. The quantitative estimate of drug-likeness (QED) is 0.895. The molecule has 0 spiro atoms. The Hall–Kier alpha value is -1.65. The van der Waals surface area contributed by atoms with E-state index >= 15 is 0 Å². The summed E-state index contributed by atoms with van der Waals surface area (Å²) < 4.78 is 26.1. The molecule has 5 heteroatoms. The Bertz CT molecular complexity index is 540. The van der Waals surface area contributed by atoms with Crippen LogP contribution < -0.4 is 5.32 Å². The molecule has 0 saturated carbocycles. The van der Waals surface area contributed by atoms with Crippen molar-refractivity contribution >= 4 is 17.3 Å². The van der Waals surface area contributed by atoms with E-state index < -0.39 is 11.9 Å². The Morgan fingerprint density at radius 2 is 1.74 bits per heavy atom. The van der Waals surface area contributed by atoms with Gasteiger partial charge in [-0.05, 0) is 48.0 Å². The van der Waals surface area contributed by atoms with Crippen LogP contribution in [0.3, 0.4) is 0 Å². The monoisotopic (exact) mass is 283 g/mol. The summed E-state index contributed by atoms with van der Waals surface area (Å²) in [5.41, 5.74) is 1.15. The summed E-state index contributed by atoms with van der Waals surface area (Å²) in [7, 11) is 0. The summed E-state index contributed by atoms with van der Waals surface area (Å²) in [6, 6.07) is 9.23. The molecule has 0 saturated heterocycles. The van der Waals surface area contributed by atoms with Gasteiger partial charge in [-0.2, -0.15) is 0 Å². The van der Waals surface area contributed by atoms with Crippen LogP contribution in [0, 0.1) is 11.6 Å². The average Bonchev–Trinajstić information content (AvgIpc) is 2.37. The molecule has 0 aliphatic carbocycles. The molecule has 0 aliphatic rings. The zero-order valence-corrected chi connectivity index (χ0v) is 10.7. The van der Waals surface area contributed by atoms with Crippen LogP contribution in [0.15, 0.2) is 42.5 Å². The normalized spacial score (nSPS) is 12.2. The smallest absolute Gasteiger partial charge is 0.125 e. The van der Waals surface area contributed by atoms with E-state index in [4.69, 9.17) is 11.6 Å². The van der Waals surface area contributed by atoms with Crippen molar-refractivity contribution in [2.45, 2.75) is 6.04 Å². The van der Waals surface area contributed by atoms with Crippen LogP contribution in [0.5, 0.6) is 0 Å². The highest BCUT2D eigenvalue weighted by Crippen LogP contribution is 2.23. The van der Waals surface area contributed by atoms with Gasteiger partial charge in [-0.25, -0.2) is 8.78 Å². The van der Waals surface area contributed by atoms with E-state index in [-0.39, 0.29) is 17.4 Å². The van der Waals surface area contributed by atoms with Gasteiger partial charge >= 0.3 is 0 Å². The van der Waals surface area contributed by atoms with Crippen LogP contribution in [-0.4, -0.2) is 11.7 Å². The number of rotatable bonds is 4. The summed E-state index contributed by atoms with van der Waals surface area (Å²) in [5.74, 6) is -0.818. The lowest BCUT2D eigenvalue weighted by molar-refractivity contribution is 0.276. The second kappa shape index (κ2) is 5.99. The van der Waals surface area contributed by atoms with E-state index in [0.717, 1.165) is 0 Å². The first-order valence-corrected chi connectivity index (χ1v) is 6.05. The van der Waals surface area contributed by atoms with Crippen LogP contribution in [0.1, 0.15) is 11.6 Å². The van der Waals surface area contributed by atoms with Gasteiger partial charge in [0.2, 0.25) is 0 Å². The van der Waals surface area contributed by atoms with Crippen molar-refractivity contribution in [3.05, 3.63) is 64.7 Å². The van der Waals surface area contributed by atoms with Crippen LogP contribution >= 0.6 is 11.6 Å². The molecule has 0 fully saturated rings. The lowest BCUT2D eigenvalue weighted by atomic mass is 10.1. The van der Waals surface area contributed by atoms with Crippen molar-refractivity contribution in [3.8, 4) is 0 Å². The predicted octanol–water partition coefficient (Wildman–Crippen LogP) is 3.76. The summed E-state index contributed by atoms with van der Waals surface area (Å²) >= 11 is 5.78. The number of benzene rings is 2. The molecule has 19 heavy (non-hydrogen) atoms. The van der Waals surface area contributed by atoms with Gasteiger partial charge in [0.15, 0.2) is 0 Å². The van der Waals surface area contributed by atoms with Gasteiger partial charge in [0.05, 0.1) is 12.6 Å². The van der Waals surface area contributed by atoms with Gasteiger partial charge in [-0.1, -0.05) is 11.6 Å². The van der Waals surface area contributed by atoms with Crippen molar-refractivity contribution in [1.29, 1.82) is 0 Å². The van der Waals surface area contributed by atoms with E-state index in [1.165, 1.54) is 24.3 Å². The lowest BCUT2D eigenvalue weighted by Crippen LogP contribution is -2.15. The third kappa shape index (κ3) is 3.66. The van der Waals surface area contributed by atoms with E-state index in [1.807, 2.05) is 0 Å². The Balaban J connectivity index is 2.22. The van der Waals surface area contributed by atoms with E-state index in [2.05, 4.69) is 5.32 Å². The fourth-order valence-electron chi connectivity index (χ4n) is 1.76. The van der Waals surface area contributed by atoms with Gasteiger partial charge in [0.25, 0.3) is 0 Å². The third-order valence-electron chi connectivity index (χ3n) is 2.65. The molecule has 0 aliphatic heterocycles. The van der Waals surface area contributed by atoms with E-state index in [1.54, 1.807) is 18.2 Å². The highest BCUT2D eigenvalue weighted by Gasteiger charge is 2.12. The summed E-state index contributed by atoms with van der Waals surface area (Å²) in [4.78, 5) is 0. The molecule has 0 aromatic heterocycles. The number of hydrogen-bond acceptors (Lipinski definition) is 2. The zero-order valence-electron chi connectivity index (χ0n) is 9.91. The van der Waals surface area contributed by atoms with Gasteiger partial charge in [-0.15, -0.1) is 0 Å². The van der Waals surface area contributed by atoms with Crippen molar-refractivity contribution < 1.29 is 13.9 Å². The molecule has 2 aromatic carbocycles. The zero-order chi connectivity index (χ0) is 13.8. The molecule has 0 heterocycles. The van der Waals surface area contributed by atoms with E-state index in [9.17, 15) is 13.9 Å². The Morgan fingerprint density at radius 1 is 1.05 bits per heavy atom. The van der Waals surface area contributed by atoms with E-state index in [0.29, 0.717) is 11.3 Å². The molecule has 0 bridgehead atoms. The van der Waals surface area contributed by atoms with Gasteiger partial charge < -0.3 is 10.4 Å². The maximum absolute atomic E-state index is 13.3. The molecule has 0 radical (unpaired) electrons. The third-order valence-corrected chi connectivity index (χ3v) is 2.87. The minimum atomic E-state index is -0.515. The maximum Gasteiger partial charge on any atom is 0.125 e. The molecule has 1 unspecified atom stereocenters. The molecular weight excluding hydrogens is 272 g/mol. The Kier molecular flexibility index (Phi) is 4.35. The standard InChI is InChI=1S/C14H12ClF2NO/c15-10-5-9(6-12(17)7-10)14(8-19)18-13-3-1-11(16)2-4-13/h1-7,14,18-19H,8H2. The van der Waals surface area contributed by atoms with Crippen LogP contribution in [0.25, 0.3) is 0 Å². The van der Waals surface area contributed by atoms with Crippen molar-refractivity contribution in [1.82, 2.24) is 0 Å². The largest absolute Gasteiger partial charge is 0.394 e. The van der Waals surface area contributed by atoms with Crippen LogP contribution in [0.2, 0.25) is 5.02 Å². The summed E-state index contributed by atoms with van der Waals surface area (Å²) in [6.45, 7) is -0.239. The number of hydrogen-bond donors (Lipinski definition) is 2. The Labute approximate surface area is 114 Å². The summed E-state index contributed by atoms with van der Waals surface area (Å²) in [5, 5.41) is 12.6. The van der Waals surface area contributed by atoms with Crippen molar-refractivity contribution in [3.63, 3.8) is 0 Å². The minimum Gasteiger partial charge on any atom is -0.394 e. The second-order valence-corrected chi connectivity index (χ2v) is 4.53. The fraction of sp³-hybridized carbons (Fsp3) is 0.143. The topological polar surface area (TPSA) is 32.3 Å². The number of aliphatic hydroxyl groups excluding tert-OH is 1. The average molecular weight is 284 g/mol. The minimum absolute atomic E-state index is 0.239. The molecule has 0 amide bonds. The number of halogens is 3. The molecule has 100 valence electrons. The van der Waals surface area contributed by atoms with Gasteiger partial charge in [0.1, 0.15) is 11.6 Å². The molecule has 2 aromatic rings. The number of nitrogens with one attached hydrogen (secondary N) is 1. The van der Waals surface area contributed by atoms with Gasteiger partial charge in [-0.3, -0.25) is 0 Å². The number of aliphatic hydroxyl groups is 1. The first-order valence-electron chi connectivity index (χ1n) is 5.67. The van der Waals surface area contributed by atoms with Crippen molar-refractivity contribution in [2.24, 2.45) is 0 Å². The molecule has 2 nitrogen and oxygen atoms in total. The summed E-state index contributed by atoms with van der Waals surface area (Å²) in [6.07, 6.45) is 0. The molecule has 1 atom stereocenters. The SMILES string of the molecule is OCC(Nc1ccc(F)cc1)c1cc(F)cc(Cl)c1. The van der Waals surface area contributed by atoms with Crippen LogP contribution in [-0.2, 0) is 0 Å². The predicted molar refractivity (Wildman–Crippen MR) is 71.3 cm³/mol. The fourth-order valence-corrected chi connectivity index (χ4v) is 1.99. The number of anilines is 1. The molecule has 2 N–H and O–H groups in total. The molecule has 2 rings (SSSR count). The van der Waals surface area contributed by atoms with Crippen LogP contribution in [0.4, 0.5) is 14.5 Å². The van der Waals surface area contributed by atoms with Crippen molar-refractivity contribution in [2.75, 3.05) is 11.9 Å². The second-order valence-electron chi connectivity index (χ2n) is 4.09. The highest BCUT2D eigenvalue weighted by atomic mass is 35.5. The lowest BCUT2D eigenvalue weighted by Gasteiger charge is -2.18.